The Morgan fingerprint density at radius 1 is 0.933 bits per heavy atom. The second-order valence-electron chi connectivity index (χ2n) is 5.53. The van der Waals surface area contributed by atoms with Crippen LogP contribution in [0.5, 0.6) is 5.75 Å². The van der Waals surface area contributed by atoms with E-state index < -0.39 is 69.8 Å². The molecule has 0 spiro atoms. The summed E-state index contributed by atoms with van der Waals surface area (Å²) >= 11 is 0. The average molecular weight is 442 g/mol. The lowest BCUT2D eigenvalue weighted by Gasteiger charge is -2.15. The van der Waals surface area contributed by atoms with Gasteiger partial charge in [0.25, 0.3) is 0 Å². The zero-order chi connectivity index (χ0) is 22.8. The van der Waals surface area contributed by atoms with Gasteiger partial charge in [-0.1, -0.05) is 0 Å². The Hall–Kier alpha value is -3.38. The first kappa shape index (κ1) is 22.9. The van der Waals surface area contributed by atoms with Gasteiger partial charge in [0, 0.05) is 6.54 Å². The second kappa shape index (κ2) is 8.55. The summed E-state index contributed by atoms with van der Waals surface area (Å²) in [5.74, 6) is -16.3. The van der Waals surface area contributed by atoms with Gasteiger partial charge in [-0.25, -0.2) is 22.8 Å². The van der Waals surface area contributed by atoms with Crippen LogP contribution in [-0.4, -0.2) is 18.5 Å². The predicted octanol–water partition coefficient (Wildman–Crippen LogP) is 4.76. The third-order valence-electron chi connectivity index (χ3n) is 3.52. The number of rotatable bonds is 4. The summed E-state index contributed by atoms with van der Waals surface area (Å²) in [5.41, 5.74) is -3.05. The maximum Gasteiger partial charge on any atom is 0.416 e. The normalized spacial score (nSPS) is 11.2. The van der Waals surface area contributed by atoms with Crippen molar-refractivity contribution in [3.05, 3.63) is 58.4 Å². The molecule has 2 aromatic rings. The van der Waals surface area contributed by atoms with Crippen molar-refractivity contribution in [2.45, 2.75) is 13.1 Å². The lowest BCUT2D eigenvalue weighted by molar-refractivity contribution is -0.137. The number of amides is 2. The number of carbonyl (C=O) groups excluding carboxylic acids is 2. The molecule has 0 saturated carbocycles. The van der Waals surface area contributed by atoms with Gasteiger partial charge in [0.2, 0.25) is 34.8 Å². The van der Waals surface area contributed by atoms with E-state index in [9.17, 15) is 44.7 Å². The van der Waals surface area contributed by atoms with Gasteiger partial charge >= 0.3 is 18.2 Å². The molecule has 2 rings (SSSR count). The van der Waals surface area contributed by atoms with Crippen LogP contribution in [0.15, 0.2) is 18.2 Å². The maximum absolute atomic E-state index is 13.7. The molecule has 0 heterocycles. The molecule has 0 fully saturated rings. The number of anilines is 1. The molecule has 0 aliphatic rings. The Bertz CT molecular complexity index is 978. The molecule has 0 aromatic heterocycles. The predicted molar refractivity (Wildman–Crippen MR) is 85.3 cm³/mol. The first-order chi connectivity index (χ1) is 13.9. The highest BCUT2D eigenvalue weighted by molar-refractivity contribution is 6.01. The van der Waals surface area contributed by atoms with Crippen molar-refractivity contribution in [3.63, 3.8) is 0 Å². The maximum atomic E-state index is 13.7. The monoisotopic (exact) mass is 442 g/mol. The number of hydrogen-bond acceptors (Lipinski definition) is 3. The number of halogens is 8. The number of alkyl halides is 3. The van der Waals surface area contributed by atoms with Crippen molar-refractivity contribution in [2.24, 2.45) is 0 Å². The van der Waals surface area contributed by atoms with E-state index in [0.29, 0.717) is 12.1 Å². The van der Waals surface area contributed by atoms with Gasteiger partial charge in [-0.05, 0) is 25.1 Å². The molecule has 0 unspecified atom stereocenters. The zero-order valence-electron chi connectivity index (χ0n) is 14.7. The summed E-state index contributed by atoms with van der Waals surface area (Å²) in [4.78, 5) is 23.8. The Kier molecular flexibility index (Phi) is 6.53. The minimum Gasteiger partial charge on any atom is -0.416 e. The number of benzene rings is 2. The minimum absolute atomic E-state index is 0.0941. The summed E-state index contributed by atoms with van der Waals surface area (Å²) < 4.78 is 110. The first-order valence-corrected chi connectivity index (χ1v) is 7.88. The van der Waals surface area contributed by atoms with Crippen molar-refractivity contribution < 1.29 is 49.4 Å². The Balaban J connectivity index is 2.53. The highest BCUT2D eigenvalue weighted by Crippen LogP contribution is 2.34. The largest absolute Gasteiger partial charge is 0.416 e. The van der Waals surface area contributed by atoms with Crippen LogP contribution in [0.4, 0.5) is 45.6 Å². The third-order valence-corrected chi connectivity index (χ3v) is 3.52. The molecule has 2 amide bonds. The highest BCUT2D eigenvalue weighted by Gasteiger charge is 2.34. The van der Waals surface area contributed by atoms with E-state index in [2.05, 4.69) is 10.1 Å². The van der Waals surface area contributed by atoms with Crippen LogP contribution in [0, 0.1) is 29.1 Å². The molecule has 13 heteroatoms. The molecule has 2 aromatic carbocycles. The molecule has 30 heavy (non-hydrogen) atoms. The van der Waals surface area contributed by atoms with Crippen LogP contribution in [0.2, 0.25) is 0 Å². The third kappa shape index (κ3) is 4.60. The van der Waals surface area contributed by atoms with Gasteiger partial charge in [0.05, 0.1) is 16.8 Å². The average Bonchev–Trinajstić information content (AvgIpc) is 2.67. The van der Waals surface area contributed by atoms with E-state index in [0.717, 1.165) is 0 Å². The molecule has 0 aliphatic carbocycles. The summed E-state index contributed by atoms with van der Waals surface area (Å²) in [6.07, 6.45) is -4.97. The molecule has 5 nitrogen and oxygen atoms in total. The zero-order valence-corrected chi connectivity index (χ0v) is 14.7. The smallest absolute Gasteiger partial charge is 0.416 e. The lowest BCUT2D eigenvalue weighted by atomic mass is 10.1. The van der Waals surface area contributed by atoms with Gasteiger partial charge in [-0.2, -0.15) is 22.0 Å². The van der Waals surface area contributed by atoms with Gasteiger partial charge in [0.15, 0.2) is 0 Å². The summed E-state index contributed by atoms with van der Waals surface area (Å²) in [7, 11) is 0. The molecule has 0 bridgehead atoms. The van der Waals surface area contributed by atoms with E-state index in [1.54, 1.807) is 0 Å². The fourth-order valence-corrected chi connectivity index (χ4v) is 2.15. The van der Waals surface area contributed by atoms with E-state index in [4.69, 9.17) is 0 Å². The molecule has 0 atom stereocenters. The quantitative estimate of drug-likeness (QED) is 0.236. The minimum atomic E-state index is -4.97. The standard InChI is InChI=1S/C17H10F8N2O3/c1-2-26-16(29)27-8-4-3-6(17(23,24)25)5-7(8)15(28)30-14-12(21)10(19)9(18)11(20)13(14)22/h3-5H,2H2,1H3,(H2,26,27,29). The van der Waals surface area contributed by atoms with Gasteiger partial charge in [-0.15, -0.1) is 0 Å². The molecule has 0 saturated heterocycles. The molecule has 0 aliphatic heterocycles. The van der Waals surface area contributed by atoms with Gasteiger partial charge in [0.1, 0.15) is 0 Å². The van der Waals surface area contributed by atoms with Crippen molar-refractivity contribution in [3.8, 4) is 5.75 Å². The lowest BCUT2D eigenvalue weighted by Crippen LogP contribution is -2.29. The van der Waals surface area contributed by atoms with Crippen LogP contribution >= 0.6 is 0 Å². The van der Waals surface area contributed by atoms with E-state index in [-0.39, 0.29) is 12.6 Å². The summed E-state index contributed by atoms with van der Waals surface area (Å²) in [5, 5.41) is 4.21. The fraction of sp³-hybridized carbons (Fsp3) is 0.176. The highest BCUT2D eigenvalue weighted by atomic mass is 19.4. The SMILES string of the molecule is CCNC(=O)Nc1ccc(C(F)(F)F)cc1C(=O)Oc1c(F)c(F)c(F)c(F)c1F. The molecular formula is C17H10F8N2O3. The van der Waals surface area contributed by atoms with Gasteiger partial charge < -0.3 is 15.4 Å². The number of esters is 1. The Labute approximate surface area is 162 Å². The van der Waals surface area contributed by atoms with E-state index in [1.165, 1.54) is 6.92 Å². The second-order valence-corrected chi connectivity index (χ2v) is 5.53. The van der Waals surface area contributed by atoms with E-state index in [1.807, 2.05) is 5.32 Å². The molecule has 2 N–H and O–H groups in total. The van der Waals surface area contributed by atoms with Crippen molar-refractivity contribution in [1.29, 1.82) is 0 Å². The molecule has 0 radical (unpaired) electrons. The number of carbonyl (C=O) groups is 2. The number of hydrogen-bond donors (Lipinski definition) is 2. The number of nitrogens with one attached hydrogen (secondary N) is 2. The topological polar surface area (TPSA) is 67.4 Å². The van der Waals surface area contributed by atoms with Gasteiger partial charge in [-0.3, -0.25) is 0 Å². The molecular weight excluding hydrogens is 432 g/mol. The van der Waals surface area contributed by atoms with Crippen molar-refractivity contribution >= 4 is 17.7 Å². The van der Waals surface area contributed by atoms with E-state index >= 15 is 0 Å². The van der Waals surface area contributed by atoms with Crippen molar-refractivity contribution in [1.82, 2.24) is 5.32 Å². The van der Waals surface area contributed by atoms with Crippen LogP contribution < -0.4 is 15.4 Å². The Morgan fingerprint density at radius 3 is 1.97 bits per heavy atom. The number of ether oxygens (including phenoxy) is 1. The Morgan fingerprint density at radius 2 is 1.47 bits per heavy atom. The summed E-state index contributed by atoms with van der Waals surface area (Å²) in [6.45, 7) is 1.60. The van der Waals surface area contributed by atoms with Crippen LogP contribution in [0.25, 0.3) is 0 Å². The van der Waals surface area contributed by atoms with Crippen LogP contribution in [0.3, 0.4) is 0 Å². The molecule has 162 valence electrons. The van der Waals surface area contributed by atoms with Crippen LogP contribution in [-0.2, 0) is 6.18 Å². The summed E-state index contributed by atoms with van der Waals surface area (Å²) in [6, 6.07) is 0.349. The van der Waals surface area contributed by atoms with Crippen LogP contribution in [0.1, 0.15) is 22.8 Å². The number of urea groups is 1. The first-order valence-electron chi connectivity index (χ1n) is 7.88. The fourth-order valence-electron chi connectivity index (χ4n) is 2.15. The van der Waals surface area contributed by atoms with Crippen molar-refractivity contribution in [2.75, 3.05) is 11.9 Å².